The summed E-state index contributed by atoms with van der Waals surface area (Å²) in [6.07, 6.45) is 23.4. The van der Waals surface area contributed by atoms with Crippen LogP contribution in [-0.2, 0) is 19.1 Å². The molecule has 2 bridgehead atoms. The van der Waals surface area contributed by atoms with Crippen molar-refractivity contribution >= 4 is 11.9 Å². The number of carbonyl (C=O) groups is 2. The molecule has 2 aliphatic rings. The van der Waals surface area contributed by atoms with Gasteiger partial charge < -0.3 is 14.6 Å². The lowest BCUT2D eigenvalue weighted by Gasteiger charge is -2.24. The lowest BCUT2D eigenvalue weighted by molar-refractivity contribution is -0.166. The molecule has 178 valence electrons. The van der Waals surface area contributed by atoms with E-state index in [-0.39, 0.29) is 25.2 Å². The number of ether oxygens (including phenoxy) is 2. The van der Waals surface area contributed by atoms with Crippen LogP contribution in [-0.4, -0.2) is 35.9 Å². The highest BCUT2D eigenvalue weighted by atomic mass is 16.6. The molecule has 1 N–H and O–H groups in total. The number of rotatable bonds is 1. The Labute approximate surface area is 189 Å². The first-order valence-corrected chi connectivity index (χ1v) is 12.8. The van der Waals surface area contributed by atoms with Crippen molar-refractivity contribution in [2.45, 2.75) is 128 Å². The molecule has 1 atom stereocenters. The van der Waals surface area contributed by atoms with Crippen LogP contribution in [0, 0.1) is 0 Å². The van der Waals surface area contributed by atoms with Crippen LogP contribution in [0.2, 0.25) is 0 Å². The van der Waals surface area contributed by atoms with E-state index in [0.717, 1.165) is 25.7 Å². The van der Waals surface area contributed by atoms with Gasteiger partial charge in [-0.15, -0.1) is 0 Å². The Morgan fingerprint density at radius 1 is 0.742 bits per heavy atom. The van der Waals surface area contributed by atoms with Crippen LogP contribution in [0.1, 0.15) is 122 Å². The van der Waals surface area contributed by atoms with E-state index in [1.165, 1.54) is 83.5 Å². The molecule has 0 aromatic carbocycles. The second-order valence-electron chi connectivity index (χ2n) is 9.49. The first-order chi connectivity index (χ1) is 15.2. The van der Waals surface area contributed by atoms with Gasteiger partial charge in [-0.25, -0.2) is 4.79 Å². The fraction of sp³-hybridized carbons (Fsp3) is 0.846. The number of fused-ring (bicyclic) bond motifs is 2. The van der Waals surface area contributed by atoms with Crippen LogP contribution in [0.25, 0.3) is 0 Å². The summed E-state index contributed by atoms with van der Waals surface area (Å²) in [6, 6.07) is 0. The van der Waals surface area contributed by atoms with Gasteiger partial charge in [0.05, 0.1) is 6.61 Å². The minimum Gasteiger partial charge on any atom is -0.461 e. The smallest absolute Gasteiger partial charge is 0.334 e. The SMILES string of the molecule is O=C1CCCCCCCCCCCCCCCCCC/C=C2/CC(CO)(CO1)OC2=O. The molecule has 0 aliphatic carbocycles. The summed E-state index contributed by atoms with van der Waals surface area (Å²) in [4.78, 5) is 24.3. The highest BCUT2D eigenvalue weighted by Gasteiger charge is 2.44. The van der Waals surface area contributed by atoms with Gasteiger partial charge in [0.25, 0.3) is 0 Å². The van der Waals surface area contributed by atoms with Gasteiger partial charge in [-0.05, 0) is 19.3 Å². The fourth-order valence-electron chi connectivity index (χ4n) is 4.54. The van der Waals surface area contributed by atoms with Crippen molar-refractivity contribution in [2.75, 3.05) is 13.2 Å². The molecule has 0 radical (unpaired) electrons. The van der Waals surface area contributed by atoms with Crippen molar-refractivity contribution in [2.24, 2.45) is 0 Å². The summed E-state index contributed by atoms with van der Waals surface area (Å²) in [6.45, 7) is -0.394. The van der Waals surface area contributed by atoms with Crippen molar-refractivity contribution in [3.63, 3.8) is 0 Å². The number of cyclic esters (lactones) is 1. The summed E-state index contributed by atoms with van der Waals surface area (Å²) < 4.78 is 10.8. The van der Waals surface area contributed by atoms with Crippen molar-refractivity contribution < 1.29 is 24.2 Å². The summed E-state index contributed by atoms with van der Waals surface area (Å²) in [5.41, 5.74) is -0.499. The van der Waals surface area contributed by atoms with Crippen molar-refractivity contribution in [3.05, 3.63) is 11.6 Å². The Morgan fingerprint density at radius 2 is 1.23 bits per heavy atom. The zero-order valence-corrected chi connectivity index (χ0v) is 19.5. The van der Waals surface area contributed by atoms with Crippen LogP contribution in [0.4, 0.5) is 0 Å². The Balaban J connectivity index is 1.80. The summed E-state index contributed by atoms with van der Waals surface area (Å²) in [5.74, 6) is -0.654. The molecule has 0 aromatic heterocycles. The highest BCUT2D eigenvalue weighted by molar-refractivity contribution is 5.91. The molecule has 0 amide bonds. The maximum absolute atomic E-state index is 12.2. The van der Waals surface area contributed by atoms with Gasteiger partial charge in [0.15, 0.2) is 5.60 Å². The number of aliphatic hydroxyl groups is 1. The van der Waals surface area contributed by atoms with E-state index >= 15 is 0 Å². The van der Waals surface area contributed by atoms with E-state index in [0.29, 0.717) is 18.4 Å². The zero-order chi connectivity index (χ0) is 22.2. The number of hydrogen-bond donors (Lipinski definition) is 1. The average molecular weight is 437 g/mol. The normalized spacial score (nSPS) is 29.0. The third-order valence-corrected chi connectivity index (χ3v) is 6.59. The molecule has 1 fully saturated rings. The molecule has 2 aliphatic heterocycles. The standard InChI is InChI=1S/C26H44O5/c27-21-26-20-23(25(29)31-26)18-16-14-12-10-8-6-4-2-1-3-5-7-9-11-13-15-17-19-24(28)30-22-26/h18,27H,1-17,19-22H2/b23-18-. The first kappa shape index (κ1) is 25.9. The van der Waals surface area contributed by atoms with Gasteiger partial charge >= 0.3 is 11.9 Å². The first-order valence-electron chi connectivity index (χ1n) is 12.8. The van der Waals surface area contributed by atoms with E-state index in [9.17, 15) is 14.7 Å². The molecular formula is C26H44O5. The third kappa shape index (κ3) is 10.7. The monoisotopic (exact) mass is 436 g/mol. The van der Waals surface area contributed by atoms with Gasteiger partial charge in [0.1, 0.15) is 6.61 Å². The Bertz CT molecular complexity index is 556. The van der Waals surface area contributed by atoms with Crippen LogP contribution in [0.15, 0.2) is 11.6 Å². The quantitative estimate of drug-likeness (QED) is 0.498. The lowest BCUT2D eigenvalue weighted by atomic mass is 9.98. The Hall–Kier alpha value is -1.36. The summed E-state index contributed by atoms with van der Waals surface area (Å²) >= 11 is 0. The maximum atomic E-state index is 12.2. The highest BCUT2D eigenvalue weighted by Crippen LogP contribution is 2.31. The van der Waals surface area contributed by atoms with Gasteiger partial charge in [-0.2, -0.15) is 0 Å². The molecule has 5 heteroatoms. The van der Waals surface area contributed by atoms with Crippen molar-refractivity contribution in [1.29, 1.82) is 0 Å². The number of aliphatic hydroxyl groups excluding tert-OH is 1. The fourth-order valence-corrected chi connectivity index (χ4v) is 4.54. The van der Waals surface area contributed by atoms with Crippen LogP contribution in [0.3, 0.4) is 0 Å². The van der Waals surface area contributed by atoms with Gasteiger partial charge in [0, 0.05) is 18.4 Å². The largest absolute Gasteiger partial charge is 0.461 e. The number of hydrogen-bond acceptors (Lipinski definition) is 5. The van der Waals surface area contributed by atoms with Crippen molar-refractivity contribution in [1.82, 2.24) is 0 Å². The molecular weight excluding hydrogens is 392 g/mol. The molecule has 1 saturated heterocycles. The van der Waals surface area contributed by atoms with E-state index in [4.69, 9.17) is 9.47 Å². The van der Waals surface area contributed by atoms with E-state index in [1.54, 1.807) is 0 Å². The van der Waals surface area contributed by atoms with E-state index in [2.05, 4.69) is 0 Å². The average Bonchev–Trinajstić information content (AvgIpc) is 3.09. The molecule has 1 unspecified atom stereocenters. The van der Waals surface area contributed by atoms with Crippen molar-refractivity contribution in [3.8, 4) is 0 Å². The van der Waals surface area contributed by atoms with Crippen LogP contribution < -0.4 is 0 Å². The van der Waals surface area contributed by atoms with Gasteiger partial charge in [-0.3, -0.25) is 4.79 Å². The summed E-state index contributed by atoms with van der Waals surface area (Å²) in [7, 11) is 0. The predicted octanol–water partition coefficient (Wildman–Crippen LogP) is 6.17. The van der Waals surface area contributed by atoms with Crippen LogP contribution >= 0.6 is 0 Å². The number of carbonyl (C=O) groups excluding carboxylic acids is 2. The minimum atomic E-state index is -1.11. The molecule has 31 heavy (non-hydrogen) atoms. The molecule has 0 aromatic rings. The second-order valence-corrected chi connectivity index (χ2v) is 9.49. The van der Waals surface area contributed by atoms with Crippen LogP contribution in [0.5, 0.6) is 0 Å². The maximum Gasteiger partial charge on any atom is 0.334 e. The lowest BCUT2D eigenvalue weighted by Crippen LogP contribution is -2.39. The molecule has 0 spiro atoms. The Kier molecular flexibility index (Phi) is 12.9. The summed E-state index contributed by atoms with van der Waals surface area (Å²) in [5, 5.41) is 9.80. The Morgan fingerprint density at radius 3 is 1.74 bits per heavy atom. The molecule has 2 rings (SSSR count). The topological polar surface area (TPSA) is 72.8 Å². The molecule has 2 heterocycles. The predicted molar refractivity (Wildman–Crippen MR) is 123 cm³/mol. The van der Waals surface area contributed by atoms with Gasteiger partial charge in [0.2, 0.25) is 0 Å². The minimum absolute atomic E-state index is 0.0641. The second kappa shape index (κ2) is 15.4. The van der Waals surface area contributed by atoms with E-state index < -0.39 is 5.60 Å². The number of esters is 2. The zero-order valence-electron chi connectivity index (χ0n) is 19.5. The molecule has 5 nitrogen and oxygen atoms in total. The number of allylic oxidation sites excluding steroid dienone is 1. The van der Waals surface area contributed by atoms with Gasteiger partial charge in [-0.1, -0.05) is 96.0 Å². The third-order valence-electron chi connectivity index (χ3n) is 6.59. The van der Waals surface area contributed by atoms with E-state index in [1.807, 2.05) is 6.08 Å². The molecule has 0 saturated carbocycles.